The molecular weight excluding hydrogens is 251 g/mol. The van der Waals surface area contributed by atoms with Crippen molar-refractivity contribution >= 4 is 16.4 Å². The number of hydrogen-bond donors (Lipinski definition) is 2. The highest BCUT2D eigenvalue weighted by atomic mass is 31.2. The van der Waals surface area contributed by atoms with Crippen LogP contribution in [0, 0.1) is 0 Å². The zero-order valence-electron chi connectivity index (χ0n) is 10.0. The van der Waals surface area contributed by atoms with Gasteiger partial charge in [0, 0.05) is 25.9 Å². The molecule has 0 amide bonds. The van der Waals surface area contributed by atoms with Gasteiger partial charge < -0.3 is 23.1 Å². The predicted octanol–water partition coefficient (Wildman–Crippen LogP) is 1.21. The molecule has 0 radical (unpaired) electrons. The highest BCUT2D eigenvalue weighted by Gasteiger charge is 2.41. The smallest absolute Gasteiger partial charge is 0.374 e. The molecule has 0 aromatic carbocycles. The van der Waals surface area contributed by atoms with Gasteiger partial charge in [-0.05, 0) is 20.8 Å². The van der Waals surface area contributed by atoms with E-state index in [2.05, 4.69) is 0 Å². The van der Waals surface area contributed by atoms with Crippen molar-refractivity contribution in [2.24, 2.45) is 0 Å². The van der Waals surface area contributed by atoms with Gasteiger partial charge in [-0.25, -0.2) is 0 Å². The fourth-order valence-corrected chi connectivity index (χ4v) is 5.55. The first-order valence-corrected chi connectivity index (χ1v) is 9.08. The first-order valence-electron chi connectivity index (χ1n) is 5.35. The van der Waals surface area contributed by atoms with E-state index in [9.17, 15) is 4.57 Å². The minimum Gasteiger partial charge on any atom is -0.374 e. The third-order valence-electron chi connectivity index (χ3n) is 1.80. The molecule has 0 saturated heterocycles. The van der Waals surface area contributed by atoms with E-state index in [4.69, 9.17) is 23.1 Å². The average molecular weight is 272 g/mol. The quantitative estimate of drug-likeness (QED) is 0.485. The van der Waals surface area contributed by atoms with Crippen LogP contribution in [0.5, 0.6) is 0 Å². The van der Waals surface area contributed by atoms with Crippen molar-refractivity contribution in [3.63, 3.8) is 0 Å². The van der Waals surface area contributed by atoms with Crippen molar-refractivity contribution in [3.05, 3.63) is 0 Å². The Labute approximate surface area is 97.4 Å². The van der Waals surface area contributed by atoms with Crippen molar-refractivity contribution in [2.75, 3.05) is 26.0 Å². The van der Waals surface area contributed by atoms with Crippen LogP contribution in [-0.4, -0.2) is 44.6 Å². The molecule has 0 aliphatic heterocycles. The maximum atomic E-state index is 10.8. The topological polar surface area (TPSA) is 85.2 Å². The van der Waals surface area contributed by atoms with E-state index in [1.54, 1.807) is 20.8 Å². The van der Waals surface area contributed by atoms with Crippen LogP contribution in [0.3, 0.4) is 0 Å². The van der Waals surface area contributed by atoms with Gasteiger partial charge in [0.1, 0.15) is 0 Å². The largest absolute Gasteiger partial charge is 0.501 e. The molecule has 0 heterocycles. The van der Waals surface area contributed by atoms with Crippen molar-refractivity contribution in [1.29, 1.82) is 0 Å². The first-order chi connectivity index (χ1) is 7.39. The number of rotatable bonds is 9. The summed E-state index contributed by atoms with van der Waals surface area (Å²) in [6.07, 6.45) is -0.265. The fraction of sp³-hybridized carbons (Fsp3) is 1.00. The zero-order chi connectivity index (χ0) is 12.7. The summed E-state index contributed by atoms with van der Waals surface area (Å²) in [5.74, 6) is 0. The molecule has 0 spiro atoms. The van der Waals surface area contributed by atoms with Gasteiger partial charge in [-0.15, -0.1) is 0 Å². The van der Waals surface area contributed by atoms with Gasteiger partial charge in [-0.2, -0.15) is 0 Å². The molecule has 0 aromatic heterocycles. The molecule has 0 fully saturated rings. The van der Waals surface area contributed by atoms with E-state index in [0.717, 1.165) is 0 Å². The summed E-state index contributed by atoms with van der Waals surface area (Å²) >= 11 is 0. The van der Waals surface area contributed by atoms with Gasteiger partial charge in [0.2, 0.25) is 0 Å². The number of hydrogen-bond acceptors (Lipinski definition) is 4. The molecule has 2 N–H and O–H groups in total. The summed E-state index contributed by atoms with van der Waals surface area (Å²) in [7, 11) is -6.94. The van der Waals surface area contributed by atoms with E-state index >= 15 is 0 Å². The maximum absolute atomic E-state index is 10.8. The predicted molar refractivity (Wildman–Crippen MR) is 62.4 cm³/mol. The van der Waals surface area contributed by atoms with Crippen molar-refractivity contribution < 1.29 is 27.6 Å². The van der Waals surface area contributed by atoms with Gasteiger partial charge >= 0.3 is 16.4 Å². The van der Waals surface area contributed by atoms with Crippen molar-refractivity contribution in [2.45, 2.75) is 26.8 Å². The lowest BCUT2D eigenvalue weighted by molar-refractivity contribution is 0.0723. The molecule has 0 aliphatic carbocycles. The summed E-state index contributed by atoms with van der Waals surface area (Å²) in [4.78, 5) is 17.7. The SMILES string of the molecule is CCO[Si](CCP(=O)(O)O)(OCC)OCC. The molecule has 8 heteroatoms. The normalized spacial score (nSPS) is 13.1. The molecule has 6 nitrogen and oxygen atoms in total. The molecular formula is C8H21O6PSi. The second kappa shape index (κ2) is 7.55. The Morgan fingerprint density at radius 2 is 1.38 bits per heavy atom. The Hall–Kier alpha value is 0.247. The van der Waals surface area contributed by atoms with Crippen LogP contribution in [0.4, 0.5) is 0 Å². The minimum absolute atomic E-state index is 0.146. The zero-order valence-corrected chi connectivity index (χ0v) is 11.9. The van der Waals surface area contributed by atoms with Crippen molar-refractivity contribution in [3.8, 4) is 0 Å². The molecule has 98 valence electrons. The standard InChI is InChI=1S/C8H21O6PSi/c1-4-12-16(13-5-2,14-6-3)8-7-15(9,10)11/h4-8H2,1-3H3,(H2,9,10,11). The molecule has 0 bridgehead atoms. The van der Waals surface area contributed by atoms with Crippen LogP contribution in [0.25, 0.3) is 0 Å². The Balaban J connectivity index is 4.52. The van der Waals surface area contributed by atoms with Gasteiger partial charge in [0.25, 0.3) is 0 Å². The van der Waals surface area contributed by atoms with E-state index < -0.39 is 16.4 Å². The summed E-state index contributed by atoms with van der Waals surface area (Å²) in [5.41, 5.74) is 0. The van der Waals surface area contributed by atoms with Crippen molar-refractivity contribution in [1.82, 2.24) is 0 Å². The maximum Gasteiger partial charge on any atom is 0.501 e. The van der Waals surface area contributed by atoms with Gasteiger partial charge in [0.15, 0.2) is 0 Å². The third kappa shape index (κ3) is 6.75. The van der Waals surface area contributed by atoms with Gasteiger partial charge in [0.05, 0.1) is 6.16 Å². The van der Waals surface area contributed by atoms with E-state index in [1.807, 2.05) is 0 Å². The Bertz CT molecular complexity index is 214. The van der Waals surface area contributed by atoms with Crippen LogP contribution in [0.1, 0.15) is 20.8 Å². The lowest BCUT2D eigenvalue weighted by atomic mass is 10.9. The minimum atomic E-state index is -4.04. The summed E-state index contributed by atoms with van der Waals surface area (Å²) in [5, 5.41) is 0. The van der Waals surface area contributed by atoms with E-state index in [0.29, 0.717) is 19.8 Å². The Morgan fingerprint density at radius 1 is 1.00 bits per heavy atom. The third-order valence-corrected chi connectivity index (χ3v) is 6.08. The van der Waals surface area contributed by atoms with E-state index in [-0.39, 0.29) is 12.2 Å². The van der Waals surface area contributed by atoms with Crippen LogP contribution in [-0.2, 0) is 17.8 Å². The van der Waals surface area contributed by atoms with Crippen LogP contribution < -0.4 is 0 Å². The van der Waals surface area contributed by atoms with E-state index in [1.165, 1.54) is 0 Å². The molecule has 0 saturated carbocycles. The Morgan fingerprint density at radius 3 is 1.62 bits per heavy atom. The highest BCUT2D eigenvalue weighted by molar-refractivity contribution is 7.51. The summed E-state index contributed by atoms with van der Waals surface area (Å²) in [6, 6.07) is 0.146. The first kappa shape index (κ1) is 16.2. The van der Waals surface area contributed by atoms with Gasteiger partial charge in [-0.3, -0.25) is 4.57 Å². The fourth-order valence-electron chi connectivity index (χ4n) is 1.28. The molecule has 0 aliphatic rings. The van der Waals surface area contributed by atoms with Crippen LogP contribution >= 0.6 is 7.60 Å². The molecule has 0 aromatic rings. The Kier molecular flexibility index (Phi) is 7.67. The van der Waals surface area contributed by atoms with Gasteiger partial charge in [-0.1, -0.05) is 0 Å². The second-order valence-electron chi connectivity index (χ2n) is 3.12. The average Bonchev–Trinajstić information content (AvgIpc) is 2.15. The lowest BCUT2D eigenvalue weighted by Crippen LogP contribution is -2.46. The molecule has 16 heavy (non-hydrogen) atoms. The molecule has 0 atom stereocenters. The van der Waals surface area contributed by atoms with Crippen LogP contribution in [0.2, 0.25) is 6.04 Å². The molecule has 0 unspecified atom stereocenters. The lowest BCUT2D eigenvalue weighted by Gasteiger charge is -2.28. The monoisotopic (exact) mass is 272 g/mol. The highest BCUT2D eigenvalue weighted by Crippen LogP contribution is 2.37. The van der Waals surface area contributed by atoms with Crippen LogP contribution in [0.15, 0.2) is 0 Å². The summed E-state index contributed by atoms with van der Waals surface area (Å²) in [6.45, 7) is 6.64. The summed E-state index contributed by atoms with van der Waals surface area (Å²) < 4.78 is 27.2. The molecule has 0 rings (SSSR count). The second-order valence-corrected chi connectivity index (χ2v) is 7.63.